The lowest BCUT2D eigenvalue weighted by atomic mass is 10.1. The molecule has 0 aliphatic rings. The first-order valence-electron chi connectivity index (χ1n) is 10.7. The highest BCUT2D eigenvalue weighted by atomic mass is 16.7. The SMILES string of the molecule is CCOC(=O)Oc1ccc(C(=O)NCc2ccccc2NC(=O)Cc2cccc(OC)c2)cc1. The van der Waals surface area contributed by atoms with Crippen molar-refractivity contribution in [1.82, 2.24) is 5.32 Å². The second-order valence-electron chi connectivity index (χ2n) is 7.23. The topological polar surface area (TPSA) is 103 Å². The van der Waals surface area contributed by atoms with Crippen LogP contribution in [0.25, 0.3) is 0 Å². The van der Waals surface area contributed by atoms with Gasteiger partial charge in [0, 0.05) is 17.8 Å². The van der Waals surface area contributed by atoms with Crippen molar-refractivity contribution in [2.75, 3.05) is 19.0 Å². The standard InChI is InChI=1S/C26H26N2O6/c1-3-33-26(31)34-21-13-11-19(12-14-21)25(30)27-17-20-8-4-5-10-23(20)28-24(29)16-18-7-6-9-22(15-18)32-2/h4-15H,3,16-17H2,1-2H3,(H,27,30)(H,28,29). The largest absolute Gasteiger partial charge is 0.513 e. The van der Waals surface area contributed by atoms with Crippen molar-refractivity contribution in [1.29, 1.82) is 0 Å². The molecule has 3 aromatic rings. The van der Waals surface area contributed by atoms with Crippen LogP contribution in [0.2, 0.25) is 0 Å². The van der Waals surface area contributed by atoms with Gasteiger partial charge in [-0.25, -0.2) is 4.79 Å². The Bertz CT molecular complexity index is 1140. The molecule has 0 atom stereocenters. The summed E-state index contributed by atoms with van der Waals surface area (Å²) in [5, 5.41) is 5.74. The van der Waals surface area contributed by atoms with Gasteiger partial charge in [0.05, 0.1) is 20.1 Å². The molecule has 0 aromatic heterocycles. The molecule has 0 unspecified atom stereocenters. The van der Waals surface area contributed by atoms with Crippen LogP contribution in [-0.2, 0) is 22.5 Å². The van der Waals surface area contributed by atoms with E-state index in [2.05, 4.69) is 10.6 Å². The van der Waals surface area contributed by atoms with E-state index in [0.29, 0.717) is 17.0 Å². The number of carbonyl (C=O) groups is 3. The molecule has 176 valence electrons. The first-order chi connectivity index (χ1) is 16.5. The van der Waals surface area contributed by atoms with Gasteiger partial charge in [0.1, 0.15) is 11.5 Å². The van der Waals surface area contributed by atoms with Crippen molar-refractivity contribution in [3.8, 4) is 11.5 Å². The molecule has 0 saturated carbocycles. The monoisotopic (exact) mass is 462 g/mol. The molecule has 0 spiro atoms. The summed E-state index contributed by atoms with van der Waals surface area (Å²) in [6.45, 7) is 2.11. The van der Waals surface area contributed by atoms with Gasteiger partial charge in [-0.3, -0.25) is 9.59 Å². The summed E-state index contributed by atoms with van der Waals surface area (Å²) in [6, 6.07) is 20.7. The van der Waals surface area contributed by atoms with Crippen LogP contribution in [0.4, 0.5) is 10.5 Å². The molecule has 0 saturated heterocycles. The first-order valence-corrected chi connectivity index (χ1v) is 10.7. The number of benzene rings is 3. The fraction of sp³-hybridized carbons (Fsp3) is 0.192. The summed E-state index contributed by atoms with van der Waals surface area (Å²) in [5.41, 5.74) is 2.61. The lowest BCUT2D eigenvalue weighted by Crippen LogP contribution is -2.24. The lowest BCUT2D eigenvalue weighted by molar-refractivity contribution is -0.115. The summed E-state index contributed by atoms with van der Waals surface area (Å²) >= 11 is 0. The van der Waals surface area contributed by atoms with Crippen LogP contribution in [0, 0.1) is 0 Å². The molecule has 0 fully saturated rings. The zero-order valence-corrected chi connectivity index (χ0v) is 19.0. The number of para-hydroxylation sites is 1. The zero-order valence-electron chi connectivity index (χ0n) is 19.0. The Hall–Kier alpha value is -4.33. The first kappa shape index (κ1) is 24.3. The average Bonchev–Trinajstić information content (AvgIpc) is 2.84. The summed E-state index contributed by atoms with van der Waals surface area (Å²) in [6.07, 6.45) is -0.609. The van der Waals surface area contributed by atoms with Crippen molar-refractivity contribution in [2.24, 2.45) is 0 Å². The number of nitrogens with one attached hydrogen (secondary N) is 2. The van der Waals surface area contributed by atoms with Crippen molar-refractivity contribution >= 4 is 23.7 Å². The van der Waals surface area contributed by atoms with Gasteiger partial charge in [0.15, 0.2) is 0 Å². The van der Waals surface area contributed by atoms with Crippen LogP contribution >= 0.6 is 0 Å². The fourth-order valence-electron chi connectivity index (χ4n) is 3.15. The normalized spacial score (nSPS) is 10.2. The third-order valence-electron chi connectivity index (χ3n) is 4.81. The molecule has 2 N–H and O–H groups in total. The predicted octanol–water partition coefficient (Wildman–Crippen LogP) is 4.34. The summed E-state index contributed by atoms with van der Waals surface area (Å²) in [5.74, 6) is 0.484. The molecule has 8 nitrogen and oxygen atoms in total. The molecule has 0 aliphatic heterocycles. The second kappa shape index (κ2) is 12.1. The number of ether oxygens (including phenoxy) is 3. The molecule has 0 heterocycles. The molecule has 34 heavy (non-hydrogen) atoms. The van der Waals surface area contributed by atoms with Crippen molar-refractivity contribution in [3.05, 3.63) is 89.5 Å². The molecule has 0 aliphatic carbocycles. The summed E-state index contributed by atoms with van der Waals surface area (Å²) in [7, 11) is 1.58. The van der Waals surface area contributed by atoms with Gasteiger partial charge in [0.2, 0.25) is 5.91 Å². The van der Waals surface area contributed by atoms with Gasteiger partial charge in [0.25, 0.3) is 5.91 Å². The minimum atomic E-state index is -0.801. The Balaban J connectivity index is 1.57. The summed E-state index contributed by atoms with van der Waals surface area (Å²) in [4.78, 5) is 36.5. The lowest BCUT2D eigenvalue weighted by Gasteiger charge is -2.12. The summed E-state index contributed by atoms with van der Waals surface area (Å²) < 4.78 is 14.9. The maximum Gasteiger partial charge on any atom is 0.513 e. The third kappa shape index (κ3) is 7.09. The fourth-order valence-corrected chi connectivity index (χ4v) is 3.15. The van der Waals surface area contributed by atoms with E-state index in [0.717, 1.165) is 11.1 Å². The van der Waals surface area contributed by atoms with Gasteiger partial charge in [-0.2, -0.15) is 0 Å². The maximum absolute atomic E-state index is 12.6. The Morgan fingerprint density at radius 1 is 0.882 bits per heavy atom. The number of anilines is 1. The van der Waals surface area contributed by atoms with Crippen LogP contribution in [0.15, 0.2) is 72.8 Å². The van der Waals surface area contributed by atoms with Crippen LogP contribution in [0.3, 0.4) is 0 Å². The van der Waals surface area contributed by atoms with Crippen LogP contribution in [0.5, 0.6) is 11.5 Å². The Morgan fingerprint density at radius 3 is 2.38 bits per heavy atom. The van der Waals surface area contributed by atoms with E-state index in [-0.39, 0.29) is 37.1 Å². The molecule has 0 bridgehead atoms. The van der Waals surface area contributed by atoms with Crippen molar-refractivity contribution < 1.29 is 28.6 Å². The number of hydrogen-bond acceptors (Lipinski definition) is 6. The van der Waals surface area contributed by atoms with E-state index in [9.17, 15) is 14.4 Å². The van der Waals surface area contributed by atoms with Gasteiger partial charge in [-0.05, 0) is 60.5 Å². The van der Waals surface area contributed by atoms with Crippen molar-refractivity contribution in [2.45, 2.75) is 19.9 Å². The molecule has 3 aromatic carbocycles. The maximum atomic E-state index is 12.6. The van der Waals surface area contributed by atoms with E-state index < -0.39 is 6.16 Å². The predicted molar refractivity (Wildman–Crippen MR) is 127 cm³/mol. The van der Waals surface area contributed by atoms with E-state index in [1.165, 1.54) is 12.1 Å². The Labute approximate surface area is 197 Å². The molecular formula is C26H26N2O6. The highest BCUT2D eigenvalue weighted by molar-refractivity contribution is 5.95. The highest BCUT2D eigenvalue weighted by Crippen LogP contribution is 2.18. The van der Waals surface area contributed by atoms with E-state index >= 15 is 0 Å². The van der Waals surface area contributed by atoms with Gasteiger partial charge in [-0.15, -0.1) is 0 Å². The van der Waals surface area contributed by atoms with Crippen LogP contribution < -0.4 is 20.1 Å². The number of amides is 2. The number of methoxy groups -OCH3 is 1. The van der Waals surface area contributed by atoms with Crippen LogP contribution in [0.1, 0.15) is 28.4 Å². The molecule has 2 amide bonds. The quantitative estimate of drug-likeness (QED) is 0.362. The van der Waals surface area contributed by atoms with Gasteiger partial charge < -0.3 is 24.8 Å². The minimum Gasteiger partial charge on any atom is -0.497 e. The van der Waals surface area contributed by atoms with E-state index in [1.807, 2.05) is 42.5 Å². The highest BCUT2D eigenvalue weighted by Gasteiger charge is 2.11. The van der Waals surface area contributed by atoms with Crippen molar-refractivity contribution in [3.63, 3.8) is 0 Å². The molecule has 3 rings (SSSR count). The molecular weight excluding hydrogens is 436 g/mol. The second-order valence-corrected chi connectivity index (χ2v) is 7.23. The van der Waals surface area contributed by atoms with Gasteiger partial charge in [-0.1, -0.05) is 30.3 Å². The minimum absolute atomic E-state index is 0.177. The Morgan fingerprint density at radius 2 is 1.65 bits per heavy atom. The third-order valence-corrected chi connectivity index (χ3v) is 4.81. The number of carbonyl (C=O) groups excluding carboxylic acids is 3. The molecule has 0 radical (unpaired) electrons. The Kier molecular flexibility index (Phi) is 8.62. The average molecular weight is 463 g/mol. The molecule has 8 heteroatoms. The van der Waals surface area contributed by atoms with E-state index in [4.69, 9.17) is 14.2 Å². The van der Waals surface area contributed by atoms with Gasteiger partial charge >= 0.3 is 6.16 Å². The van der Waals surface area contributed by atoms with E-state index in [1.54, 1.807) is 32.2 Å². The zero-order chi connectivity index (χ0) is 24.3. The number of rotatable bonds is 9. The van der Waals surface area contributed by atoms with Crippen LogP contribution in [-0.4, -0.2) is 31.7 Å². The smallest absolute Gasteiger partial charge is 0.497 e. The number of hydrogen-bond donors (Lipinski definition) is 2.